The lowest BCUT2D eigenvalue weighted by Gasteiger charge is -2.12. The molecular weight excluding hydrogens is 152 g/mol. The smallest absolute Gasteiger partial charge is 0.130 e. The lowest BCUT2D eigenvalue weighted by Crippen LogP contribution is -1.96. The van der Waals surface area contributed by atoms with E-state index in [-0.39, 0.29) is 0 Å². The van der Waals surface area contributed by atoms with Crippen molar-refractivity contribution in [3.8, 4) is 11.5 Å². The van der Waals surface area contributed by atoms with Crippen LogP contribution in [0, 0.1) is 0 Å². The van der Waals surface area contributed by atoms with Gasteiger partial charge in [-0.2, -0.15) is 0 Å². The minimum atomic E-state index is 0.882. The quantitative estimate of drug-likeness (QED) is 0.629. The van der Waals surface area contributed by atoms with Crippen LogP contribution in [0.5, 0.6) is 11.5 Å². The summed E-state index contributed by atoms with van der Waals surface area (Å²) >= 11 is 0. The molecule has 2 rings (SSSR count). The van der Waals surface area contributed by atoms with E-state index in [0.29, 0.717) is 0 Å². The number of methoxy groups -OCH3 is 1. The summed E-state index contributed by atoms with van der Waals surface area (Å²) < 4.78 is 10.4. The first-order chi connectivity index (χ1) is 5.90. The van der Waals surface area contributed by atoms with Crippen LogP contribution in [0.25, 0.3) is 0 Å². The molecule has 62 valence electrons. The zero-order chi connectivity index (χ0) is 8.39. The summed E-state index contributed by atoms with van der Waals surface area (Å²) in [6.45, 7) is 0. The summed E-state index contributed by atoms with van der Waals surface area (Å²) in [5.41, 5.74) is 1.18. The van der Waals surface area contributed by atoms with E-state index < -0.39 is 0 Å². The first-order valence-corrected chi connectivity index (χ1v) is 3.89. The van der Waals surface area contributed by atoms with Gasteiger partial charge in [-0.1, -0.05) is 0 Å². The van der Waals surface area contributed by atoms with E-state index in [2.05, 4.69) is 0 Å². The fourth-order valence-electron chi connectivity index (χ4n) is 1.25. The monoisotopic (exact) mass is 162 g/mol. The van der Waals surface area contributed by atoms with Crippen molar-refractivity contribution in [1.29, 1.82) is 0 Å². The summed E-state index contributed by atoms with van der Waals surface area (Å²) in [7, 11) is 1.67. The summed E-state index contributed by atoms with van der Waals surface area (Å²) in [5, 5.41) is 0. The fraction of sp³-hybridized carbons (Fsp3) is 0.200. The number of allylic oxidation sites excluding steroid dienone is 1. The predicted octanol–water partition coefficient (Wildman–Crippen LogP) is 2.14. The van der Waals surface area contributed by atoms with Gasteiger partial charge < -0.3 is 9.47 Å². The van der Waals surface area contributed by atoms with E-state index in [1.54, 1.807) is 13.4 Å². The van der Waals surface area contributed by atoms with Crippen molar-refractivity contribution < 1.29 is 9.47 Å². The Balaban J connectivity index is 2.39. The van der Waals surface area contributed by atoms with Gasteiger partial charge in [-0.05, 0) is 30.7 Å². The lowest BCUT2D eigenvalue weighted by molar-refractivity contribution is 0.410. The van der Waals surface area contributed by atoms with E-state index in [4.69, 9.17) is 9.47 Å². The molecular formula is C10H10O2. The highest BCUT2D eigenvalue weighted by atomic mass is 16.5. The number of rotatable bonds is 1. The van der Waals surface area contributed by atoms with Crippen LogP contribution in [0.4, 0.5) is 0 Å². The highest BCUT2D eigenvalue weighted by molar-refractivity contribution is 5.42. The summed E-state index contributed by atoms with van der Waals surface area (Å²) in [6, 6.07) is 5.83. The lowest BCUT2D eigenvalue weighted by atomic mass is 10.1. The molecule has 0 unspecified atom stereocenters. The van der Waals surface area contributed by atoms with Gasteiger partial charge in [-0.15, -0.1) is 0 Å². The Hall–Kier alpha value is -1.44. The second-order valence-corrected chi connectivity index (χ2v) is 2.67. The molecule has 1 aliphatic rings. The SMILES string of the molecule is COc1ccc2c(c1)CC=CO2. The summed E-state index contributed by atoms with van der Waals surface area (Å²) in [5.74, 6) is 1.81. The maximum absolute atomic E-state index is 5.29. The second-order valence-electron chi connectivity index (χ2n) is 2.67. The van der Waals surface area contributed by atoms with Crippen LogP contribution in [0.15, 0.2) is 30.5 Å². The zero-order valence-corrected chi connectivity index (χ0v) is 6.91. The Morgan fingerprint density at radius 3 is 3.17 bits per heavy atom. The summed E-state index contributed by atoms with van der Waals surface area (Å²) in [6.07, 6.45) is 4.63. The molecule has 0 bridgehead atoms. The molecule has 0 N–H and O–H groups in total. The Bertz CT molecular complexity index is 316. The number of ether oxygens (including phenoxy) is 2. The molecule has 0 radical (unpaired) electrons. The number of benzene rings is 1. The van der Waals surface area contributed by atoms with Gasteiger partial charge in [0.2, 0.25) is 0 Å². The molecule has 0 fully saturated rings. The highest BCUT2D eigenvalue weighted by Crippen LogP contribution is 2.27. The molecule has 12 heavy (non-hydrogen) atoms. The van der Waals surface area contributed by atoms with Crippen molar-refractivity contribution >= 4 is 0 Å². The number of fused-ring (bicyclic) bond motifs is 1. The molecule has 2 heteroatoms. The van der Waals surface area contributed by atoms with Gasteiger partial charge in [0.1, 0.15) is 11.5 Å². The van der Waals surface area contributed by atoms with Crippen molar-refractivity contribution in [2.24, 2.45) is 0 Å². The average Bonchev–Trinajstić information content (AvgIpc) is 2.17. The molecule has 0 atom stereocenters. The first kappa shape index (κ1) is 7.22. The standard InChI is InChI=1S/C10H10O2/c1-11-9-4-5-10-8(7-9)3-2-6-12-10/h2,4-7H,3H2,1H3. The Kier molecular flexibility index (Phi) is 1.74. The summed E-state index contributed by atoms with van der Waals surface area (Å²) in [4.78, 5) is 0. The number of hydrogen-bond donors (Lipinski definition) is 0. The van der Waals surface area contributed by atoms with Crippen LogP contribution in [-0.4, -0.2) is 7.11 Å². The number of hydrogen-bond acceptors (Lipinski definition) is 2. The molecule has 0 spiro atoms. The van der Waals surface area contributed by atoms with Crippen LogP contribution in [0.2, 0.25) is 0 Å². The van der Waals surface area contributed by atoms with Crippen LogP contribution in [0.3, 0.4) is 0 Å². The topological polar surface area (TPSA) is 18.5 Å². The minimum Gasteiger partial charge on any atom is -0.497 e. The molecule has 0 aliphatic carbocycles. The largest absolute Gasteiger partial charge is 0.497 e. The predicted molar refractivity (Wildman–Crippen MR) is 46.5 cm³/mol. The van der Waals surface area contributed by atoms with E-state index in [1.165, 1.54) is 5.56 Å². The van der Waals surface area contributed by atoms with E-state index in [1.807, 2.05) is 24.3 Å². The highest BCUT2D eigenvalue weighted by Gasteiger charge is 2.06. The minimum absolute atomic E-state index is 0.882. The average molecular weight is 162 g/mol. The molecule has 1 aromatic carbocycles. The van der Waals surface area contributed by atoms with Gasteiger partial charge in [-0.25, -0.2) is 0 Å². The Labute approximate surface area is 71.4 Å². The normalized spacial score (nSPS) is 13.4. The fourth-order valence-corrected chi connectivity index (χ4v) is 1.25. The van der Waals surface area contributed by atoms with Gasteiger partial charge in [0.25, 0.3) is 0 Å². The van der Waals surface area contributed by atoms with Gasteiger partial charge in [0.05, 0.1) is 13.4 Å². The first-order valence-electron chi connectivity index (χ1n) is 3.89. The van der Waals surface area contributed by atoms with Crippen LogP contribution < -0.4 is 9.47 Å². The zero-order valence-electron chi connectivity index (χ0n) is 6.91. The van der Waals surface area contributed by atoms with Crippen LogP contribution in [0.1, 0.15) is 5.56 Å². The Morgan fingerprint density at radius 2 is 2.33 bits per heavy atom. The second kappa shape index (κ2) is 2.89. The van der Waals surface area contributed by atoms with Crippen molar-refractivity contribution in [3.63, 3.8) is 0 Å². The maximum Gasteiger partial charge on any atom is 0.130 e. The maximum atomic E-state index is 5.29. The third-order valence-electron chi connectivity index (χ3n) is 1.90. The van der Waals surface area contributed by atoms with Gasteiger partial charge in [-0.3, -0.25) is 0 Å². The van der Waals surface area contributed by atoms with E-state index in [9.17, 15) is 0 Å². The van der Waals surface area contributed by atoms with Gasteiger partial charge >= 0.3 is 0 Å². The Morgan fingerprint density at radius 1 is 1.42 bits per heavy atom. The van der Waals surface area contributed by atoms with Crippen LogP contribution >= 0.6 is 0 Å². The third-order valence-corrected chi connectivity index (χ3v) is 1.90. The van der Waals surface area contributed by atoms with Crippen molar-refractivity contribution in [2.45, 2.75) is 6.42 Å². The van der Waals surface area contributed by atoms with E-state index in [0.717, 1.165) is 17.9 Å². The molecule has 1 heterocycles. The molecule has 0 aromatic heterocycles. The van der Waals surface area contributed by atoms with Crippen molar-refractivity contribution in [1.82, 2.24) is 0 Å². The van der Waals surface area contributed by atoms with Crippen molar-refractivity contribution in [3.05, 3.63) is 36.1 Å². The molecule has 0 amide bonds. The van der Waals surface area contributed by atoms with Gasteiger partial charge in [0, 0.05) is 5.56 Å². The van der Waals surface area contributed by atoms with Gasteiger partial charge in [0.15, 0.2) is 0 Å². The van der Waals surface area contributed by atoms with E-state index >= 15 is 0 Å². The molecule has 2 nitrogen and oxygen atoms in total. The van der Waals surface area contributed by atoms with Crippen molar-refractivity contribution in [2.75, 3.05) is 7.11 Å². The molecule has 1 aliphatic heterocycles. The molecule has 0 saturated heterocycles. The van der Waals surface area contributed by atoms with Crippen LogP contribution in [-0.2, 0) is 6.42 Å². The third kappa shape index (κ3) is 1.16. The molecule has 0 saturated carbocycles. The molecule has 1 aromatic rings.